The van der Waals surface area contributed by atoms with Crippen molar-refractivity contribution in [1.82, 2.24) is 0 Å². The van der Waals surface area contributed by atoms with Crippen LogP contribution < -0.4 is 10.5 Å². The van der Waals surface area contributed by atoms with Crippen molar-refractivity contribution in [2.24, 2.45) is 11.1 Å². The van der Waals surface area contributed by atoms with Crippen molar-refractivity contribution in [3.05, 3.63) is 29.3 Å². The van der Waals surface area contributed by atoms with Crippen molar-refractivity contribution in [3.63, 3.8) is 0 Å². The minimum Gasteiger partial charge on any atom is -0.493 e. The molecule has 0 aliphatic carbocycles. The summed E-state index contributed by atoms with van der Waals surface area (Å²) < 4.78 is 5.99. The third-order valence-corrected chi connectivity index (χ3v) is 2.93. The van der Waals surface area contributed by atoms with Gasteiger partial charge in [0.2, 0.25) is 0 Å². The van der Waals surface area contributed by atoms with Crippen molar-refractivity contribution in [3.8, 4) is 5.75 Å². The topological polar surface area (TPSA) is 35.2 Å². The largest absolute Gasteiger partial charge is 0.493 e. The highest BCUT2D eigenvalue weighted by Crippen LogP contribution is 2.26. The van der Waals surface area contributed by atoms with E-state index in [2.05, 4.69) is 45.9 Å². The normalized spacial score (nSPS) is 13.4. The summed E-state index contributed by atoms with van der Waals surface area (Å²) in [6.07, 6.45) is 1.92. The van der Waals surface area contributed by atoms with Gasteiger partial charge in [0.05, 0.1) is 6.61 Å². The molecule has 0 aliphatic rings. The standard InChI is InChI=1S/C16H27NO/c1-12-7-6-8-14(11-13(2)17)15(12)18-10-9-16(3,4)5/h6-8,13H,9-11,17H2,1-5H3. The molecule has 1 unspecified atom stereocenters. The summed E-state index contributed by atoms with van der Waals surface area (Å²) in [5, 5.41) is 0. The van der Waals surface area contributed by atoms with Crippen molar-refractivity contribution in [1.29, 1.82) is 0 Å². The van der Waals surface area contributed by atoms with Crippen LogP contribution in [-0.4, -0.2) is 12.6 Å². The van der Waals surface area contributed by atoms with Crippen molar-refractivity contribution in [2.75, 3.05) is 6.61 Å². The number of nitrogens with two attached hydrogens (primary N) is 1. The molecule has 1 aromatic carbocycles. The van der Waals surface area contributed by atoms with Gasteiger partial charge < -0.3 is 10.5 Å². The minimum atomic E-state index is 0.164. The zero-order chi connectivity index (χ0) is 13.8. The molecule has 0 heterocycles. The van der Waals surface area contributed by atoms with Gasteiger partial charge in [0.15, 0.2) is 0 Å². The predicted molar refractivity (Wildman–Crippen MR) is 78.1 cm³/mol. The van der Waals surface area contributed by atoms with E-state index >= 15 is 0 Å². The summed E-state index contributed by atoms with van der Waals surface area (Å²) >= 11 is 0. The fourth-order valence-corrected chi connectivity index (χ4v) is 1.89. The van der Waals surface area contributed by atoms with Gasteiger partial charge in [-0.05, 0) is 43.2 Å². The quantitative estimate of drug-likeness (QED) is 0.863. The molecule has 1 atom stereocenters. The van der Waals surface area contributed by atoms with E-state index in [1.54, 1.807) is 0 Å². The van der Waals surface area contributed by atoms with E-state index in [9.17, 15) is 0 Å². The molecular formula is C16H27NO. The van der Waals surface area contributed by atoms with Crippen LogP contribution in [0.5, 0.6) is 5.75 Å². The molecule has 0 saturated carbocycles. The second kappa shape index (κ2) is 6.24. The average Bonchev–Trinajstić information content (AvgIpc) is 2.19. The van der Waals surface area contributed by atoms with Gasteiger partial charge in [-0.1, -0.05) is 39.0 Å². The predicted octanol–water partition coefficient (Wildman–Crippen LogP) is 3.70. The molecule has 2 heteroatoms. The first kappa shape index (κ1) is 15.0. The van der Waals surface area contributed by atoms with Crippen LogP contribution in [0.2, 0.25) is 0 Å². The van der Waals surface area contributed by atoms with E-state index in [1.807, 2.05) is 6.92 Å². The third-order valence-electron chi connectivity index (χ3n) is 2.93. The van der Waals surface area contributed by atoms with E-state index in [1.165, 1.54) is 11.1 Å². The number of hydrogen-bond acceptors (Lipinski definition) is 2. The van der Waals surface area contributed by atoms with Crippen LogP contribution in [0.4, 0.5) is 0 Å². The molecule has 18 heavy (non-hydrogen) atoms. The molecule has 2 N–H and O–H groups in total. The second-order valence-corrected chi connectivity index (χ2v) is 6.40. The van der Waals surface area contributed by atoms with Crippen LogP contribution >= 0.6 is 0 Å². The van der Waals surface area contributed by atoms with Crippen molar-refractivity contribution in [2.45, 2.75) is 53.5 Å². The Balaban J connectivity index is 2.73. The number of para-hydroxylation sites is 1. The molecular weight excluding hydrogens is 222 g/mol. The summed E-state index contributed by atoms with van der Waals surface area (Å²) in [7, 11) is 0. The highest BCUT2D eigenvalue weighted by molar-refractivity contribution is 5.41. The van der Waals surface area contributed by atoms with Gasteiger partial charge in [-0.15, -0.1) is 0 Å². The van der Waals surface area contributed by atoms with Gasteiger partial charge in [0, 0.05) is 6.04 Å². The molecule has 1 rings (SSSR count). The second-order valence-electron chi connectivity index (χ2n) is 6.40. The average molecular weight is 249 g/mol. The first-order valence-electron chi connectivity index (χ1n) is 6.76. The van der Waals surface area contributed by atoms with Gasteiger partial charge in [-0.25, -0.2) is 0 Å². The summed E-state index contributed by atoms with van der Waals surface area (Å²) in [5.74, 6) is 1.03. The SMILES string of the molecule is Cc1cccc(CC(C)N)c1OCCC(C)(C)C. The summed E-state index contributed by atoms with van der Waals surface area (Å²) in [5.41, 5.74) is 8.61. The van der Waals surface area contributed by atoms with Crippen LogP contribution in [0.25, 0.3) is 0 Å². The molecule has 0 fully saturated rings. The Labute approximate surface area is 112 Å². The maximum absolute atomic E-state index is 5.99. The minimum absolute atomic E-state index is 0.164. The van der Waals surface area contributed by atoms with E-state index < -0.39 is 0 Å². The number of hydrogen-bond donors (Lipinski definition) is 1. The molecule has 0 spiro atoms. The van der Waals surface area contributed by atoms with Gasteiger partial charge in [-0.3, -0.25) is 0 Å². The van der Waals surface area contributed by atoms with E-state index in [0.29, 0.717) is 5.41 Å². The summed E-state index contributed by atoms with van der Waals surface area (Å²) in [4.78, 5) is 0. The van der Waals surface area contributed by atoms with E-state index in [-0.39, 0.29) is 6.04 Å². The maximum Gasteiger partial charge on any atom is 0.125 e. The van der Waals surface area contributed by atoms with Gasteiger partial charge in [0.25, 0.3) is 0 Å². The van der Waals surface area contributed by atoms with Gasteiger partial charge in [0.1, 0.15) is 5.75 Å². The van der Waals surface area contributed by atoms with Crippen molar-refractivity contribution >= 4 is 0 Å². The van der Waals surface area contributed by atoms with Crippen LogP contribution in [0.15, 0.2) is 18.2 Å². The van der Waals surface area contributed by atoms with Crippen molar-refractivity contribution < 1.29 is 4.74 Å². The first-order valence-corrected chi connectivity index (χ1v) is 6.76. The fraction of sp³-hybridized carbons (Fsp3) is 0.625. The molecule has 2 nitrogen and oxygen atoms in total. The molecule has 0 bridgehead atoms. The fourth-order valence-electron chi connectivity index (χ4n) is 1.89. The van der Waals surface area contributed by atoms with E-state index in [4.69, 9.17) is 10.5 Å². The van der Waals surface area contributed by atoms with Gasteiger partial charge in [-0.2, -0.15) is 0 Å². The third kappa shape index (κ3) is 5.09. The Morgan fingerprint density at radius 1 is 1.28 bits per heavy atom. The zero-order valence-corrected chi connectivity index (χ0v) is 12.4. The summed E-state index contributed by atoms with van der Waals surface area (Å²) in [6, 6.07) is 6.44. The molecule has 0 amide bonds. The Morgan fingerprint density at radius 2 is 1.94 bits per heavy atom. The van der Waals surface area contributed by atoms with Crippen LogP contribution in [0.3, 0.4) is 0 Å². The number of benzene rings is 1. The molecule has 0 aromatic heterocycles. The highest BCUT2D eigenvalue weighted by atomic mass is 16.5. The van der Waals surface area contributed by atoms with Crippen LogP contribution in [0, 0.1) is 12.3 Å². The van der Waals surface area contributed by atoms with Gasteiger partial charge >= 0.3 is 0 Å². The van der Waals surface area contributed by atoms with Crippen LogP contribution in [0.1, 0.15) is 45.2 Å². The molecule has 0 aliphatic heterocycles. The number of aryl methyl sites for hydroxylation is 1. The monoisotopic (exact) mass is 249 g/mol. The molecule has 1 aromatic rings. The molecule has 0 saturated heterocycles. The van der Waals surface area contributed by atoms with Crippen LogP contribution in [-0.2, 0) is 6.42 Å². The molecule has 102 valence electrons. The number of rotatable bonds is 5. The first-order chi connectivity index (χ1) is 8.29. The van der Waals surface area contributed by atoms with E-state index in [0.717, 1.165) is 25.2 Å². The lowest BCUT2D eigenvalue weighted by atomic mass is 9.93. The maximum atomic E-state index is 5.99. The zero-order valence-electron chi connectivity index (χ0n) is 12.4. The lowest BCUT2D eigenvalue weighted by Crippen LogP contribution is -2.19. The Hall–Kier alpha value is -1.02. The lowest BCUT2D eigenvalue weighted by molar-refractivity contribution is 0.240. The Bertz CT molecular complexity index is 377. The molecule has 0 radical (unpaired) electrons. The Kier molecular flexibility index (Phi) is 5.21. The highest BCUT2D eigenvalue weighted by Gasteiger charge is 2.12. The summed E-state index contributed by atoms with van der Waals surface area (Å²) in [6.45, 7) is 11.6. The Morgan fingerprint density at radius 3 is 2.50 bits per heavy atom. The smallest absolute Gasteiger partial charge is 0.125 e. The number of ether oxygens (including phenoxy) is 1. The lowest BCUT2D eigenvalue weighted by Gasteiger charge is -2.20.